The molecule has 1 aliphatic rings. The van der Waals surface area contributed by atoms with Crippen molar-refractivity contribution in [1.82, 2.24) is 5.32 Å². The first-order valence-electron chi connectivity index (χ1n) is 7.05. The third kappa shape index (κ3) is 3.82. The lowest BCUT2D eigenvalue weighted by Gasteiger charge is -2.27. The monoisotopic (exact) mass is 295 g/mol. The van der Waals surface area contributed by atoms with Gasteiger partial charge in [0.25, 0.3) is 0 Å². The lowest BCUT2D eigenvalue weighted by molar-refractivity contribution is -0.140. The van der Waals surface area contributed by atoms with Crippen molar-refractivity contribution in [3.63, 3.8) is 0 Å². The Kier molecular flexibility index (Phi) is 4.81. The minimum atomic E-state index is -0.800. The van der Waals surface area contributed by atoms with E-state index in [1.54, 1.807) is 11.3 Å². The van der Waals surface area contributed by atoms with Crippen LogP contribution in [-0.2, 0) is 9.59 Å². The Morgan fingerprint density at radius 3 is 2.65 bits per heavy atom. The Morgan fingerprint density at radius 2 is 2.10 bits per heavy atom. The van der Waals surface area contributed by atoms with Crippen molar-refractivity contribution < 1.29 is 14.7 Å². The van der Waals surface area contributed by atoms with Crippen LogP contribution in [0, 0.1) is 5.41 Å². The minimum Gasteiger partial charge on any atom is -0.481 e. The van der Waals surface area contributed by atoms with Crippen LogP contribution in [0.3, 0.4) is 0 Å². The summed E-state index contributed by atoms with van der Waals surface area (Å²) < 4.78 is 0. The van der Waals surface area contributed by atoms with Crippen LogP contribution < -0.4 is 5.32 Å². The van der Waals surface area contributed by atoms with Gasteiger partial charge in [-0.1, -0.05) is 18.9 Å². The standard InChI is InChI=1S/C15H21NO3S/c1-11(12-5-4-8-20-12)16-13(17)9-15(10-14(18)19)6-2-3-7-15/h4-5,8,11H,2-3,6-7,9-10H2,1H3,(H,16,17)(H,18,19)/t11-/m1/s1. The van der Waals surface area contributed by atoms with Crippen molar-refractivity contribution in [2.75, 3.05) is 0 Å². The first-order chi connectivity index (χ1) is 9.51. The molecule has 1 aromatic rings. The second-order valence-electron chi connectivity index (χ2n) is 5.76. The van der Waals surface area contributed by atoms with Crippen LogP contribution in [-0.4, -0.2) is 17.0 Å². The smallest absolute Gasteiger partial charge is 0.303 e. The first-order valence-corrected chi connectivity index (χ1v) is 7.93. The highest BCUT2D eigenvalue weighted by atomic mass is 32.1. The molecular weight excluding hydrogens is 274 g/mol. The largest absolute Gasteiger partial charge is 0.481 e. The third-order valence-corrected chi connectivity index (χ3v) is 5.13. The molecule has 1 amide bonds. The molecule has 110 valence electrons. The minimum absolute atomic E-state index is 0.00854. The number of carboxylic acids is 1. The van der Waals surface area contributed by atoms with Gasteiger partial charge in [-0.25, -0.2) is 0 Å². The number of carbonyl (C=O) groups excluding carboxylic acids is 1. The van der Waals surface area contributed by atoms with Gasteiger partial charge >= 0.3 is 5.97 Å². The number of aliphatic carboxylic acids is 1. The highest BCUT2D eigenvalue weighted by Gasteiger charge is 2.38. The van der Waals surface area contributed by atoms with Gasteiger partial charge in [0.1, 0.15) is 0 Å². The van der Waals surface area contributed by atoms with Crippen LogP contribution in [0.25, 0.3) is 0 Å². The maximum absolute atomic E-state index is 12.2. The summed E-state index contributed by atoms with van der Waals surface area (Å²) in [5, 5.41) is 14.0. The second kappa shape index (κ2) is 6.39. The summed E-state index contributed by atoms with van der Waals surface area (Å²) in [6.07, 6.45) is 4.19. The van der Waals surface area contributed by atoms with Gasteiger partial charge in [0.05, 0.1) is 12.5 Å². The Labute approximate surface area is 123 Å². The molecule has 1 heterocycles. The summed E-state index contributed by atoms with van der Waals surface area (Å²) in [6, 6.07) is 3.95. The average Bonchev–Trinajstić information content (AvgIpc) is 2.98. The van der Waals surface area contributed by atoms with Gasteiger partial charge in [-0.3, -0.25) is 9.59 Å². The summed E-state index contributed by atoms with van der Waals surface area (Å²) in [7, 11) is 0. The van der Waals surface area contributed by atoms with E-state index in [9.17, 15) is 9.59 Å². The molecule has 4 nitrogen and oxygen atoms in total. The molecule has 0 unspecified atom stereocenters. The number of carboxylic acid groups (broad SMARTS) is 1. The van der Waals surface area contributed by atoms with Gasteiger partial charge in [-0.15, -0.1) is 11.3 Å². The number of hydrogen-bond acceptors (Lipinski definition) is 3. The lowest BCUT2D eigenvalue weighted by atomic mass is 9.79. The molecule has 0 spiro atoms. The van der Waals surface area contributed by atoms with Crippen LogP contribution in [0.15, 0.2) is 17.5 Å². The molecule has 0 aromatic carbocycles. The number of amides is 1. The van der Waals surface area contributed by atoms with Gasteiger partial charge in [0.15, 0.2) is 0 Å². The first kappa shape index (κ1) is 15.0. The Morgan fingerprint density at radius 1 is 1.40 bits per heavy atom. The molecule has 0 bridgehead atoms. The van der Waals surface area contributed by atoms with Gasteiger partial charge in [0, 0.05) is 11.3 Å². The molecule has 1 aliphatic carbocycles. The van der Waals surface area contributed by atoms with Crippen LogP contribution >= 0.6 is 11.3 Å². The van der Waals surface area contributed by atoms with E-state index in [1.165, 1.54) is 0 Å². The number of nitrogens with one attached hydrogen (secondary N) is 1. The van der Waals surface area contributed by atoms with E-state index in [0.717, 1.165) is 30.6 Å². The summed E-state index contributed by atoms with van der Waals surface area (Å²) in [4.78, 5) is 24.3. The molecule has 20 heavy (non-hydrogen) atoms. The Hall–Kier alpha value is -1.36. The van der Waals surface area contributed by atoms with E-state index in [2.05, 4.69) is 5.32 Å². The van der Waals surface area contributed by atoms with Gasteiger partial charge in [-0.2, -0.15) is 0 Å². The highest BCUT2D eigenvalue weighted by molar-refractivity contribution is 7.10. The summed E-state index contributed by atoms with van der Waals surface area (Å²) in [5.41, 5.74) is -0.328. The molecule has 1 aromatic heterocycles. The molecule has 1 fully saturated rings. The Bertz CT molecular complexity index is 463. The van der Waals surface area contributed by atoms with E-state index in [-0.39, 0.29) is 23.8 Å². The molecule has 0 saturated heterocycles. The van der Waals surface area contributed by atoms with Crippen molar-refractivity contribution in [2.24, 2.45) is 5.41 Å². The fourth-order valence-corrected chi connectivity index (χ4v) is 3.84. The van der Waals surface area contributed by atoms with E-state index in [1.807, 2.05) is 24.4 Å². The fraction of sp³-hybridized carbons (Fsp3) is 0.600. The zero-order valence-corrected chi connectivity index (χ0v) is 12.5. The highest BCUT2D eigenvalue weighted by Crippen LogP contribution is 2.44. The molecule has 2 rings (SSSR count). The third-order valence-electron chi connectivity index (χ3n) is 4.07. The zero-order valence-electron chi connectivity index (χ0n) is 11.7. The van der Waals surface area contributed by atoms with Crippen LogP contribution in [0.2, 0.25) is 0 Å². The van der Waals surface area contributed by atoms with Gasteiger partial charge in [-0.05, 0) is 36.6 Å². The molecule has 0 aliphatic heterocycles. The van der Waals surface area contributed by atoms with Crippen molar-refractivity contribution >= 4 is 23.2 Å². The van der Waals surface area contributed by atoms with Crippen molar-refractivity contribution in [3.8, 4) is 0 Å². The fourth-order valence-electron chi connectivity index (χ4n) is 3.10. The molecule has 1 saturated carbocycles. The van der Waals surface area contributed by atoms with E-state index in [4.69, 9.17) is 5.11 Å². The zero-order chi connectivity index (χ0) is 14.6. The van der Waals surface area contributed by atoms with Crippen molar-refractivity contribution in [3.05, 3.63) is 22.4 Å². The second-order valence-corrected chi connectivity index (χ2v) is 6.74. The topological polar surface area (TPSA) is 66.4 Å². The predicted molar refractivity (Wildman–Crippen MR) is 78.6 cm³/mol. The van der Waals surface area contributed by atoms with Crippen LogP contribution in [0.4, 0.5) is 0 Å². The predicted octanol–water partition coefficient (Wildman–Crippen LogP) is 3.35. The summed E-state index contributed by atoms with van der Waals surface area (Å²) >= 11 is 1.62. The van der Waals surface area contributed by atoms with E-state index >= 15 is 0 Å². The van der Waals surface area contributed by atoms with Crippen molar-refractivity contribution in [2.45, 2.75) is 51.5 Å². The quantitative estimate of drug-likeness (QED) is 0.845. The molecule has 2 N–H and O–H groups in total. The molecule has 1 atom stereocenters. The SMILES string of the molecule is C[C@@H](NC(=O)CC1(CC(=O)O)CCCC1)c1cccs1. The van der Waals surface area contributed by atoms with Crippen molar-refractivity contribution in [1.29, 1.82) is 0 Å². The average molecular weight is 295 g/mol. The maximum Gasteiger partial charge on any atom is 0.303 e. The van der Waals surface area contributed by atoms with E-state index < -0.39 is 5.97 Å². The Balaban J connectivity index is 1.93. The maximum atomic E-state index is 12.2. The van der Waals surface area contributed by atoms with Gasteiger partial charge in [0.2, 0.25) is 5.91 Å². The number of hydrogen-bond donors (Lipinski definition) is 2. The number of thiophene rings is 1. The molecule has 5 heteroatoms. The summed E-state index contributed by atoms with van der Waals surface area (Å²) in [5.74, 6) is -0.833. The molecule has 0 radical (unpaired) electrons. The number of carbonyl (C=O) groups is 2. The van der Waals surface area contributed by atoms with Crippen LogP contribution in [0.1, 0.15) is 56.4 Å². The normalized spacial score (nSPS) is 18.6. The summed E-state index contributed by atoms with van der Waals surface area (Å²) in [6.45, 7) is 1.96. The van der Waals surface area contributed by atoms with E-state index in [0.29, 0.717) is 6.42 Å². The van der Waals surface area contributed by atoms with Gasteiger partial charge < -0.3 is 10.4 Å². The van der Waals surface area contributed by atoms with Crippen LogP contribution in [0.5, 0.6) is 0 Å². The lowest BCUT2D eigenvalue weighted by Crippen LogP contribution is -2.33. The number of rotatable bonds is 6. The molecular formula is C15H21NO3S.